The van der Waals surface area contributed by atoms with Crippen molar-refractivity contribution >= 4 is 29.1 Å². The first-order valence-corrected chi connectivity index (χ1v) is 10.8. The van der Waals surface area contributed by atoms with Gasteiger partial charge < -0.3 is 4.74 Å². The largest absolute Gasteiger partial charge is 0.497 e. The summed E-state index contributed by atoms with van der Waals surface area (Å²) in [6.07, 6.45) is 4.67. The van der Waals surface area contributed by atoms with E-state index in [9.17, 15) is 4.79 Å². The number of hydrogen-bond acceptors (Lipinski definition) is 5. The van der Waals surface area contributed by atoms with Gasteiger partial charge in [0, 0.05) is 0 Å². The van der Waals surface area contributed by atoms with E-state index in [1.807, 2.05) is 36.4 Å². The SMILES string of the molecule is CCCCC1SC(=NN=Cc2ccc(OC)cc2)N(Cc2ccccc2C)C1=O. The average Bonchev–Trinajstić information content (AvgIpc) is 3.03. The number of amidine groups is 1. The number of rotatable bonds is 8. The molecule has 0 aromatic heterocycles. The molecule has 0 radical (unpaired) electrons. The normalized spacial score (nSPS) is 18.2. The van der Waals surface area contributed by atoms with Gasteiger partial charge in [-0.1, -0.05) is 55.8 Å². The lowest BCUT2D eigenvalue weighted by Gasteiger charge is -2.17. The number of nitrogens with zero attached hydrogens (tertiary/aromatic N) is 3. The van der Waals surface area contributed by atoms with E-state index in [0.717, 1.165) is 36.1 Å². The molecule has 0 bridgehead atoms. The van der Waals surface area contributed by atoms with E-state index in [-0.39, 0.29) is 11.2 Å². The first-order chi connectivity index (χ1) is 14.1. The minimum Gasteiger partial charge on any atom is -0.497 e. The average molecular weight is 410 g/mol. The topological polar surface area (TPSA) is 54.3 Å². The van der Waals surface area contributed by atoms with Crippen LogP contribution in [-0.2, 0) is 11.3 Å². The van der Waals surface area contributed by atoms with Crippen LogP contribution in [0.4, 0.5) is 0 Å². The first-order valence-electron chi connectivity index (χ1n) is 9.90. The molecule has 1 aliphatic heterocycles. The van der Waals surface area contributed by atoms with E-state index in [0.29, 0.717) is 11.7 Å². The third-order valence-electron chi connectivity index (χ3n) is 4.90. The van der Waals surface area contributed by atoms with Crippen LogP contribution >= 0.6 is 11.8 Å². The van der Waals surface area contributed by atoms with Gasteiger partial charge in [-0.3, -0.25) is 9.69 Å². The highest BCUT2D eigenvalue weighted by molar-refractivity contribution is 8.15. The summed E-state index contributed by atoms with van der Waals surface area (Å²) in [5, 5.41) is 9.25. The summed E-state index contributed by atoms with van der Waals surface area (Å²) in [6.45, 7) is 4.73. The van der Waals surface area contributed by atoms with Gasteiger partial charge >= 0.3 is 0 Å². The number of methoxy groups -OCH3 is 1. The van der Waals surface area contributed by atoms with Crippen molar-refractivity contribution in [3.8, 4) is 5.75 Å². The maximum absolute atomic E-state index is 13.0. The second-order valence-corrected chi connectivity index (χ2v) is 8.17. The minimum atomic E-state index is -0.0751. The summed E-state index contributed by atoms with van der Waals surface area (Å²) >= 11 is 1.53. The van der Waals surface area contributed by atoms with Gasteiger partial charge in [0.1, 0.15) is 5.75 Å². The van der Waals surface area contributed by atoms with Crippen LogP contribution < -0.4 is 4.74 Å². The fourth-order valence-corrected chi connectivity index (χ4v) is 4.24. The zero-order valence-electron chi connectivity index (χ0n) is 17.2. The van der Waals surface area contributed by atoms with Gasteiger partial charge in [0.05, 0.1) is 25.1 Å². The van der Waals surface area contributed by atoms with Crippen molar-refractivity contribution in [1.82, 2.24) is 4.90 Å². The first kappa shape index (κ1) is 21.1. The van der Waals surface area contributed by atoms with E-state index in [1.54, 1.807) is 18.2 Å². The molecule has 2 aromatic rings. The summed E-state index contributed by atoms with van der Waals surface area (Å²) < 4.78 is 5.17. The van der Waals surface area contributed by atoms with Crippen LogP contribution in [0, 0.1) is 6.92 Å². The number of carbonyl (C=O) groups excluding carboxylic acids is 1. The Morgan fingerprint density at radius 3 is 2.62 bits per heavy atom. The molecule has 1 saturated heterocycles. The Morgan fingerprint density at radius 2 is 1.93 bits per heavy atom. The van der Waals surface area contributed by atoms with Gasteiger partial charge in [0.2, 0.25) is 5.91 Å². The lowest BCUT2D eigenvalue weighted by molar-refractivity contribution is -0.126. The van der Waals surface area contributed by atoms with Crippen LogP contribution in [-0.4, -0.2) is 34.5 Å². The van der Waals surface area contributed by atoms with Crippen molar-refractivity contribution in [3.63, 3.8) is 0 Å². The summed E-state index contributed by atoms with van der Waals surface area (Å²) in [4.78, 5) is 14.8. The highest BCUT2D eigenvalue weighted by atomic mass is 32.2. The van der Waals surface area contributed by atoms with Crippen LogP contribution in [0.2, 0.25) is 0 Å². The lowest BCUT2D eigenvalue weighted by Crippen LogP contribution is -2.31. The monoisotopic (exact) mass is 409 g/mol. The number of unbranched alkanes of at least 4 members (excludes halogenated alkanes) is 1. The molecule has 1 atom stereocenters. The molecule has 6 heteroatoms. The summed E-state index contributed by atoms with van der Waals surface area (Å²) in [6, 6.07) is 15.7. The molecule has 1 fully saturated rings. The third kappa shape index (κ3) is 5.48. The van der Waals surface area contributed by atoms with Crippen LogP contribution in [0.15, 0.2) is 58.7 Å². The molecule has 0 saturated carbocycles. The summed E-state index contributed by atoms with van der Waals surface area (Å²) in [5.41, 5.74) is 3.23. The Morgan fingerprint density at radius 1 is 1.17 bits per heavy atom. The Hall–Kier alpha value is -2.60. The number of benzene rings is 2. The van der Waals surface area contributed by atoms with Crippen LogP contribution in [0.3, 0.4) is 0 Å². The smallest absolute Gasteiger partial charge is 0.242 e. The van der Waals surface area contributed by atoms with Crippen LogP contribution in [0.1, 0.15) is 42.9 Å². The molecule has 2 aromatic carbocycles. The highest BCUT2D eigenvalue weighted by Crippen LogP contribution is 2.32. The molecule has 152 valence electrons. The molecule has 0 N–H and O–H groups in total. The fraction of sp³-hybridized carbons (Fsp3) is 0.348. The highest BCUT2D eigenvalue weighted by Gasteiger charge is 2.37. The van der Waals surface area contributed by atoms with Crippen molar-refractivity contribution in [2.24, 2.45) is 10.2 Å². The minimum absolute atomic E-state index is 0.0751. The number of carbonyl (C=O) groups is 1. The predicted molar refractivity (Wildman–Crippen MR) is 121 cm³/mol. The van der Waals surface area contributed by atoms with Gasteiger partial charge in [-0.15, -0.1) is 5.10 Å². The molecule has 0 aliphatic carbocycles. The molecule has 1 unspecified atom stereocenters. The summed E-state index contributed by atoms with van der Waals surface area (Å²) in [5.74, 6) is 0.929. The Balaban J connectivity index is 1.79. The van der Waals surface area contributed by atoms with E-state index in [4.69, 9.17) is 4.74 Å². The van der Waals surface area contributed by atoms with Crippen molar-refractivity contribution in [3.05, 3.63) is 65.2 Å². The molecule has 5 nitrogen and oxygen atoms in total. The molecular weight excluding hydrogens is 382 g/mol. The number of ether oxygens (including phenoxy) is 1. The molecule has 1 aliphatic rings. The molecule has 0 spiro atoms. The van der Waals surface area contributed by atoms with Gasteiger partial charge in [0.15, 0.2) is 5.17 Å². The van der Waals surface area contributed by atoms with Crippen molar-refractivity contribution < 1.29 is 9.53 Å². The van der Waals surface area contributed by atoms with E-state index < -0.39 is 0 Å². The molecule has 1 heterocycles. The fourth-order valence-electron chi connectivity index (χ4n) is 3.10. The quantitative estimate of drug-likeness (QED) is 0.454. The Labute approximate surface area is 176 Å². The maximum atomic E-state index is 13.0. The summed E-state index contributed by atoms with van der Waals surface area (Å²) in [7, 11) is 1.64. The number of thioether (sulfide) groups is 1. The van der Waals surface area contributed by atoms with Crippen LogP contribution in [0.5, 0.6) is 5.75 Å². The number of aryl methyl sites for hydroxylation is 1. The maximum Gasteiger partial charge on any atom is 0.242 e. The second-order valence-electron chi connectivity index (χ2n) is 7.00. The standard InChI is InChI=1S/C23H27N3O2S/c1-4-5-10-21-22(27)26(16-19-9-7-6-8-17(19)2)23(29-21)25-24-15-18-11-13-20(28-3)14-12-18/h6-9,11-15,21H,4-5,10,16H2,1-3H3. The van der Waals surface area contributed by atoms with E-state index >= 15 is 0 Å². The molecule has 3 rings (SSSR count). The van der Waals surface area contributed by atoms with Crippen molar-refractivity contribution in [2.45, 2.75) is 44.9 Å². The number of hydrogen-bond donors (Lipinski definition) is 0. The molecule has 1 amide bonds. The van der Waals surface area contributed by atoms with Gasteiger partial charge in [0.25, 0.3) is 0 Å². The predicted octanol–water partition coefficient (Wildman–Crippen LogP) is 5.03. The van der Waals surface area contributed by atoms with Crippen LogP contribution in [0.25, 0.3) is 0 Å². The number of amides is 1. The Bertz CT molecular complexity index is 893. The van der Waals surface area contributed by atoms with Crippen molar-refractivity contribution in [2.75, 3.05) is 7.11 Å². The van der Waals surface area contributed by atoms with Gasteiger partial charge in [-0.2, -0.15) is 5.10 Å². The van der Waals surface area contributed by atoms with E-state index in [1.165, 1.54) is 17.3 Å². The Kier molecular flexibility index (Phi) is 7.47. The zero-order valence-corrected chi connectivity index (χ0v) is 18.0. The third-order valence-corrected chi connectivity index (χ3v) is 6.13. The van der Waals surface area contributed by atoms with Gasteiger partial charge in [-0.05, 0) is 54.3 Å². The molecule has 29 heavy (non-hydrogen) atoms. The lowest BCUT2D eigenvalue weighted by atomic mass is 10.1. The van der Waals surface area contributed by atoms with E-state index in [2.05, 4.69) is 36.2 Å². The second kappa shape index (κ2) is 10.3. The zero-order chi connectivity index (χ0) is 20.6. The van der Waals surface area contributed by atoms with Gasteiger partial charge in [-0.25, -0.2) is 0 Å². The van der Waals surface area contributed by atoms with Crippen molar-refractivity contribution in [1.29, 1.82) is 0 Å². The molecular formula is C23H27N3O2S.